The molecule has 0 aliphatic heterocycles. The van der Waals surface area contributed by atoms with Crippen molar-refractivity contribution in [2.45, 2.75) is 44.3 Å². The molecule has 2 N–H and O–H groups in total. The fourth-order valence-corrected chi connectivity index (χ4v) is 4.20. The van der Waals surface area contributed by atoms with E-state index >= 15 is 0 Å². The molecule has 0 unspecified atom stereocenters. The number of hydrogen-bond acceptors (Lipinski definition) is 4. The third kappa shape index (κ3) is 5.55. The fraction of sp³-hybridized carbons (Fsp3) is 0.304. The summed E-state index contributed by atoms with van der Waals surface area (Å²) in [6, 6.07) is 15.7. The molecule has 1 fully saturated rings. The van der Waals surface area contributed by atoms with Crippen LogP contribution in [0.3, 0.4) is 0 Å². The molecule has 8 heteroatoms. The van der Waals surface area contributed by atoms with Gasteiger partial charge in [0, 0.05) is 27.8 Å². The zero-order valence-corrected chi connectivity index (χ0v) is 18.3. The number of hydrogen-bond donors (Lipinski definition) is 2. The number of rotatable bonds is 5. The number of anilines is 3. The fourth-order valence-electron chi connectivity index (χ4n) is 3.73. The van der Waals surface area contributed by atoms with Crippen LogP contribution in [0.4, 0.5) is 30.6 Å². The first-order valence-corrected chi connectivity index (χ1v) is 11.0. The van der Waals surface area contributed by atoms with Gasteiger partial charge in [0.05, 0.1) is 11.3 Å². The van der Waals surface area contributed by atoms with Crippen molar-refractivity contribution in [1.82, 2.24) is 9.97 Å². The Bertz CT molecular complexity index is 1030. The Balaban J connectivity index is 1.67. The lowest BCUT2D eigenvalue weighted by molar-refractivity contribution is -0.138. The van der Waals surface area contributed by atoms with Crippen LogP contribution >= 0.6 is 15.9 Å². The molecule has 0 saturated heterocycles. The van der Waals surface area contributed by atoms with E-state index in [9.17, 15) is 13.2 Å². The monoisotopic (exact) mass is 490 g/mol. The molecule has 1 aliphatic carbocycles. The summed E-state index contributed by atoms with van der Waals surface area (Å²) < 4.78 is 39.9. The highest BCUT2D eigenvalue weighted by atomic mass is 79.9. The average Bonchev–Trinajstić information content (AvgIpc) is 2.75. The van der Waals surface area contributed by atoms with Crippen molar-refractivity contribution in [2.24, 2.45) is 0 Å². The number of nitrogens with zero attached hydrogens (tertiary/aromatic N) is 2. The van der Waals surface area contributed by atoms with Crippen LogP contribution in [-0.4, -0.2) is 16.0 Å². The molecule has 162 valence electrons. The van der Waals surface area contributed by atoms with Gasteiger partial charge in [-0.2, -0.15) is 18.2 Å². The summed E-state index contributed by atoms with van der Waals surface area (Å²) >= 11 is 2.98. The van der Waals surface area contributed by atoms with E-state index in [2.05, 4.69) is 36.5 Å². The van der Waals surface area contributed by atoms with E-state index in [0.29, 0.717) is 29.2 Å². The van der Waals surface area contributed by atoms with Gasteiger partial charge in [0.25, 0.3) is 0 Å². The molecule has 4 nitrogen and oxygen atoms in total. The molecule has 4 rings (SSSR count). The zero-order chi connectivity index (χ0) is 21.8. The van der Waals surface area contributed by atoms with Gasteiger partial charge in [0.15, 0.2) is 0 Å². The lowest BCUT2D eigenvalue weighted by Gasteiger charge is -2.23. The Morgan fingerprint density at radius 3 is 2.35 bits per heavy atom. The summed E-state index contributed by atoms with van der Waals surface area (Å²) in [6.07, 6.45) is 1.24. The second-order valence-electron chi connectivity index (χ2n) is 7.62. The minimum absolute atomic E-state index is 0.00198. The molecule has 0 radical (unpaired) electrons. The minimum atomic E-state index is -4.45. The van der Waals surface area contributed by atoms with Gasteiger partial charge in [-0.1, -0.05) is 65.5 Å². The molecule has 0 amide bonds. The quantitative estimate of drug-likeness (QED) is 0.390. The molecule has 0 spiro atoms. The van der Waals surface area contributed by atoms with Gasteiger partial charge in [0.2, 0.25) is 5.95 Å². The van der Waals surface area contributed by atoms with Crippen molar-refractivity contribution in [2.75, 3.05) is 10.6 Å². The van der Waals surface area contributed by atoms with Crippen molar-refractivity contribution in [3.8, 4) is 11.3 Å². The second kappa shape index (κ2) is 9.26. The first-order chi connectivity index (χ1) is 14.9. The summed E-state index contributed by atoms with van der Waals surface area (Å²) in [5.41, 5.74) is 1.17. The van der Waals surface area contributed by atoms with E-state index in [0.717, 1.165) is 24.5 Å². The third-order valence-corrected chi connectivity index (χ3v) is 5.97. The highest BCUT2D eigenvalue weighted by Gasteiger charge is 2.33. The molecule has 1 aromatic heterocycles. The Kier molecular flexibility index (Phi) is 6.46. The van der Waals surface area contributed by atoms with Gasteiger partial charge in [-0.3, -0.25) is 0 Å². The number of halogens is 4. The summed E-state index contributed by atoms with van der Waals surface area (Å²) in [6.45, 7) is 0. The predicted octanol–water partition coefficient (Wildman–Crippen LogP) is 7.41. The average molecular weight is 491 g/mol. The molecular formula is C23H22BrF3N4. The maximum absolute atomic E-state index is 13.3. The molecular weight excluding hydrogens is 469 g/mol. The van der Waals surface area contributed by atoms with Crippen LogP contribution in [-0.2, 0) is 6.18 Å². The van der Waals surface area contributed by atoms with Gasteiger partial charge in [-0.15, -0.1) is 0 Å². The van der Waals surface area contributed by atoms with Crippen LogP contribution in [0.1, 0.15) is 37.7 Å². The number of aromatic nitrogens is 2. The lowest BCUT2D eigenvalue weighted by atomic mass is 9.96. The van der Waals surface area contributed by atoms with Crippen molar-refractivity contribution < 1.29 is 13.2 Å². The molecule has 0 bridgehead atoms. The molecule has 31 heavy (non-hydrogen) atoms. The van der Waals surface area contributed by atoms with Gasteiger partial charge < -0.3 is 10.6 Å². The van der Waals surface area contributed by atoms with Crippen LogP contribution in [0.5, 0.6) is 0 Å². The van der Waals surface area contributed by atoms with Crippen LogP contribution in [0.15, 0.2) is 59.1 Å². The minimum Gasteiger partial charge on any atom is -0.351 e. The Labute approximate surface area is 187 Å². The summed E-state index contributed by atoms with van der Waals surface area (Å²) in [5, 5.41) is 6.43. The largest absolute Gasteiger partial charge is 0.417 e. The van der Waals surface area contributed by atoms with Crippen molar-refractivity contribution in [1.29, 1.82) is 0 Å². The molecule has 2 aromatic carbocycles. The Morgan fingerprint density at radius 1 is 0.903 bits per heavy atom. The SMILES string of the molecule is FC(F)(F)c1cc(Nc2cc(-c3ccccc3)nc(NC3CCCCC3)n2)ccc1Br. The first-order valence-electron chi connectivity index (χ1n) is 10.2. The number of nitrogens with one attached hydrogen (secondary N) is 2. The highest BCUT2D eigenvalue weighted by Crippen LogP contribution is 2.37. The topological polar surface area (TPSA) is 49.8 Å². The highest BCUT2D eigenvalue weighted by molar-refractivity contribution is 9.10. The van der Waals surface area contributed by atoms with Gasteiger partial charge in [-0.05, 0) is 31.0 Å². The maximum Gasteiger partial charge on any atom is 0.417 e. The van der Waals surface area contributed by atoms with Crippen LogP contribution in [0.25, 0.3) is 11.3 Å². The van der Waals surface area contributed by atoms with Crippen LogP contribution in [0.2, 0.25) is 0 Å². The molecule has 1 saturated carbocycles. The lowest BCUT2D eigenvalue weighted by Crippen LogP contribution is -2.23. The normalized spacial score (nSPS) is 15.0. The number of benzene rings is 2. The van der Waals surface area contributed by atoms with Crippen LogP contribution < -0.4 is 10.6 Å². The predicted molar refractivity (Wildman–Crippen MR) is 120 cm³/mol. The van der Waals surface area contributed by atoms with Gasteiger partial charge in [0.1, 0.15) is 5.82 Å². The number of alkyl halides is 3. The summed E-state index contributed by atoms with van der Waals surface area (Å²) in [4.78, 5) is 9.20. The van der Waals surface area contributed by atoms with Gasteiger partial charge in [-0.25, -0.2) is 4.98 Å². The third-order valence-electron chi connectivity index (χ3n) is 5.28. The van der Waals surface area contributed by atoms with E-state index in [1.165, 1.54) is 25.3 Å². The maximum atomic E-state index is 13.3. The van der Waals surface area contributed by atoms with E-state index in [1.807, 2.05) is 30.3 Å². The van der Waals surface area contributed by atoms with Crippen molar-refractivity contribution in [3.05, 3.63) is 64.6 Å². The zero-order valence-electron chi connectivity index (χ0n) is 16.7. The van der Waals surface area contributed by atoms with Crippen molar-refractivity contribution >= 4 is 33.4 Å². The molecule has 1 heterocycles. The van der Waals surface area contributed by atoms with E-state index in [4.69, 9.17) is 0 Å². The summed E-state index contributed by atoms with van der Waals surface area (Å²) in [5.74, 6) is 0.909. The standard InChI is InChI=1S/C23H22BrF3N4/c24-19-12-11-17(13-18(19)23(25,26)27)28-21-14-20(15-7-3-1-4-8-15)30-22(31-21)29-16-9-5-2-6-10-16/h1,3-4,7-8,11-14,16H,2,5-6,9-10H2,(H2,28,29,30,31). The smallest absolute Gasteiger partial charge is 0.351 e. The Morgan fingerprint density at radius 2 is 1.65 bits per heavy atom. The molecule has 0 atom stereocenters. The van der Waals surface area contributed by atoms with E-state index < -0.39 is 11.7 Å². The van der Waals surface area contributed by atoms with Gasteiger partial charge >= 0.3 is 6.18 Å². The van der Waals surface area contributed by atoms with Crippen LogP contribution in [0, 0.1) is 0 Å². The van der Waals surface area contributed by atoms with E-state index in [-0.39, 0.29) is 4.47 Å². The second-order valence-corrected chi connectivity index (χ2v) is 8.48. The van der Waals surface area contributed by atoms with Crippen molar-refractivity contribution in [3.63, 3.8) is 0 Å². The molecule has 1 aliphatic rings. The Hall–Kier alpha value is -2.61. The molecule has 3 aromatic rings. The summed E-state index contributed by atoms with van der Waals surface area (Å²) in [7, 11) is 0. The first kappa shape index (κ1) is 21.6. The van der Waals surface area contributed by atoms with E-state index in [1.54, 1.807) is 12.1 Å².